The van der Waals surface area contributed by atoms with E-state index in [1.165, 1.54) is 21.6 Å². The summed E-state index contributed by atoms with van der Waals surface area (Å²) in [5.74, 6) is 0.586. The highest BCUT2D eigenvalue weighted by atomic mass is 33.1. The van der Waals surface area contributed by atoms with E-state index in [-0.39, 0.29) is 52.5 Å². The second kappa shape index (κ2) is 12.9. The summed E-state index contributed by atoms with van der Waals surface area (Å²) in [6.45, 7) is 1.34. The number of anilines is 1. The summed E-state index contributed by atoms with van der Waals surface area (Å²) < 4.78 is 20.6. The fourth-order valence-corrected chi connectivity index (χ4v) is 11.4. The van der Waals surface area contributed by atoms with Crippen LogP contribution in [0.3, 0.4) is 0 Å². The normalized spacial score (nSPS) is 31.4. The van der Waals surface area contributed by atoms with Gasteiger partial charge in [0.15, 0.2) is 5.96 Å². The minimum absolute atomic E-state index is 0.0350. The van der Waals surface area contributed by atoms with Gasteiger partial charge in [-0.1, -0.05) is 39.8 Å². The zero-order valence-electron chi connectivity index (χ0n) is 28.4. The number of aliphatic imine (C=N–C) groups is 1. The molecule has 2 aromatic carbocycles. The number of nitrogens with zero attached hydrogens (tertiary/aromatic N) is 1. The number of rotatable bonds is 6. The highest BCUT2D eigenvalue weighted by Crippen LogP contribution is 2.58. The molecule has 3 heterocycles. The van der Waals surface area contributed by atoms with Crippen LogP contribution in [0.2, 0.25) is 0 Å². The van der Waals surface area contributed by atoms with Crippen LogP contribution in [-0.2, 0) is 11.4 Å². The molecule has 0 amide bonds. The van der Waals surface area contributed by atoms with E-state index in [0.717, 1.165) is 49.7 Å². The van der Waals surface area contributed by atoms with Crippen molar-refractivity contribution in [2.24, 2.45) is 16.5 Å². The number of hydrogen-bond acceptors (Lipinski definition) is 12. The lowest BCUT2D eigenvalue weighted by molar-refractivity contribution is -0.0727. The summed E-state index contributed by atoms with van der Waals surface area (Å²) >= 11 is 0. The van der Waals surface area contributed by atoms with Crippen LogP contribution in [0.1, 0.15) is 98.1 Å². The average Bonchev–Trinajstić information content (AvgIpc) is 3.76. The molecular formula is C37H44N4O8S2. The standard InChI is InChI=1S/C37H44N4O8S2/c1-35(44)13-4-7-23-26-29(48-32(23)35)24-15-50-51-18-36(17-42,40-34(38)39)16-37(45)14-12-22(19-8-10-20(41-46)11-9-19)25-28(43)27(30(24)49-33(25)37)31(26)47-21-5-2-3-6-21/h8-12,14,21-23,32,41-42,44-46H,2-7,13,15-18H2,1H3,(H4,38,39,40)/t22-,23+,32-,35+,36+,37+/m0/s1. The largest absolute Gasteiger partial charge is 0.489 e. The molecule has 6 atom stereocenters. The number of ether oxygens (including phenoxy) is 2. The number of fused-ring (bicyclic) bond motifs is 4. The third-order valence-electron chi connectivity index (χ3n) is 11.3. The monoisotopic (exact) mass is 736 g/mol. The zero-order chi connectivity index (χ0) is 35.7. The summed E-state index contributed by atoms with van der Waals surface area (Å²) in [6.07, 6.45) is 8.50. The Morgan fingerprint density at radius 1 is 1.10 bits per heavy atom. The topological polar surface area (TPSA) is 206 Å². The van der Waals surface area contributed by atoms with Crippen molar-refractivity contribution >= 4 is 44.2 Å². The molecule has 51 heavy (non-hydrogen) atoms. The van der Waals surface area contributed by atoms with Crippen molar-refractivity contribution in [3.8, 4) is 11.5 Å². The number of aliphatic hydroxyl groups excluding tert-OH is 1. The fraction of sp³-hybridized carbons (Fsp3) is 0.514. The molecule has 272 valence electrons. The molecule has 0 spiro atoms. The van der Waals surface area contributed by atoms with E-state index >= 15 is 4.79 Å². The van der Waals surface area contributed by atoms with E-state index in [1.807, 2.05) is 6.92 Å². The van der Waals surface area contributed by atoms with E-state index in [4.69, 9.17) is 25.4 Å². The third kappa shape index (κ3) is 5.78. The lowest BCUT2D eigenvalue weighted by Gasteiger charge is -2.38. The van der Waals surface area contributed by atoms with Crippen LogP contribution in [0.4, 0.5) is 5.69 Å². The minimum Gasteiger partial charge on any atom is -0.489 e. The molecule has 2 saturated carbocycles. The van der Waals surface area contributed by atoms with E-state index < -0.39 is 35.4 Å². The molecule has 2 fully saturated rings. The minimum atomic E-state index is -1.90. The molecular weight excluding hydrogens is 693 g/mol. The first-order valence-corrected chi connectivity index (χ1v) is 20.1. The van der Waals surface area contributed by atoms with Gasteiger partial charge >= 0.3 is 0 Å². The second-order valence-corrected chi connectivity index (χ2v) is 17.4. The lowest BCUT2D eigenvalue weighted by Crippen LogP contribution is -2.47. The van der Waals surface area contributed by atoms with Gasteiger partial charge in [-0.15, -0.1) is 0 Å². The summed E-state index contributed by atoms with van der Waals surface area (Å²) in [5, 5.41) is 44.9. The van der Waals surface area contributed by atoms with Crippen molar-refractivity contribution in [3.63, 3.8) is 0 Å². The summed E-state index contributed by atoms with van der Waals surface area (Å²) in [6, 6.07) is 7.00. The SMILES string of the molecule is C[C@@]1(O)CCC[C@@H]2c3c(c4c5oc6c(c(=O)c5c3OC3CCCC3)[C@H](c3ccc(NO)cc3)C=C[C@@]6(O)C[C@](CO)(N=C(N)N)CSSC4)O[C@@H]21. The molecule has 2 bridgehead atoms. The molecule has 14 heteroatoms. The van der Waals surface area contributed by atoms with Crippen molar-refractivity contribution in [1.29, 1.82) is 0 Å². The van der Waals surface area contributed by atoms with Crippen LogP contribution in [0.5, 0.6) is 11.5 Å². The molecule has 0 saturated heterocycles. The Morgan fingerprint density at radius 2 is 1.86 bits per heavy atom. The molecule has 9 N–H and O–H groups in total. The number of nitrogens with one attached hydrogen (secondary N) is 1. The maximum absolute atomic E-state index is 15.5. The lowest BCUT2D eigenvalue weighted by atomic mass is 9.73. The van der Waals surface area contributed by atoms with Gasteiger partial charge in [-0.25, -0.2) is 4.99 Å². The van der Waals surface area contributed by atoms with Gasteiger partial charge in [0.25, 0.3) is 0 Å². The Labute approximate surface area is 303 Å². The van der Waals surface area contributed by atoms with Crippen LogP contribution in [0, 0.1) is 0 Å². The van der Waals surface area contributed by atoms with Gasteiger partial charge in [-0.3, -0.25) is 15.5 Å². The first kappa shape index (κ1) is 34.7. The Bertz CT molecular complexity index is 1970. The molecule has 12 nitrogen and oxygen atoms in total. The van der Waals surface area contributed by atoms with Crippen LogP contribution < -0.4 is 31.8 Å². The highest BCUT2D eigenvalue weighted by molar-refractivity contribution is 8.76. The van der Waals surface area contributed by atoms with Gasteiger partial charge in [-0.05, 0) is 75.6 Å². The van der Waals surface area contributed by atoms with Crippen LogP contribution >= 0.6 is 21.6 Å². The van der Waals surface area contributed by atoms with Gasteiger partial charge in [-0.2, -0.15) is 0 Å². The molecule has 2 aliphatic heterocycles. The quantitative estimate of drug-likeness (QED) is 0.0594. The van der Waals surface area contributed by atoms with Crippen LogP contribution in [-0.4, -0.2) is 62.2 Å². The predicted octanol–water partition coefficient (Wildman–Crippen LogP) is 4.87. The first-order chi connectivity index (χ1) is 24.5. The first-order valence-electron chi connectivity index (χ1n) is 17.6. The number of allylic oxidation sites excluding steroid dienone is 1. The summed E-state index contributed by atoms with van der Waals surface area (Å²) in [7, 11) is 2.93. The second-order valence-electron chi connectivity index (χ2n) is 15.0. The number of hydrogen-bond donors (Lipinski definition) is 7. The van der Waals surface area contributed by atoms with E-state index in [9.17, 15) is 20.5 Å². The summed E-state index contributed by atoms with van der Waals surface area (Å²) in [5.41, 5.74) is 12.5. The van der Waals surface area contributed by atoms with E-state index in [0.29, 0.717) is 40.3 Å². The van der Waals surface area contributed by atoms with Crippen molar-refractivity contribution < 1.29 is 34.4 Å². The van der Waals surface area contributed by atoms with Gasteiger partial charge < -0.3 is 40.7 Å². The Balaban J connectivity index is 1.45. The average molecular weight is 737 g/mol. The van der Waals surface area contributed by atoms with Gasteiger partial charge in [0.1, 0.15) is 45.5 Å². The van der Waals surface area contributed by atoms with Crippen LogP contribution in [0.15, 0.2) is 50.6 Å². The molecule has 0 radical (unpaired) electrons. The Morgan fingerprint density at radius 3 is 2.57 bits per heavy atom. The number of aliphatic hydroxyl groups is 3. The van der Waals surface area contributed by atoms with E-state index in [2.05, 4.69) is 10.5 Å². The molecule has 3 aliphatic carbocycles. The molecule has 1 aromatic heterocycles. The molecule has 0 unspecified atom stereocenters. The van der Waals surface area contributed by atoms with Crippen LogP contribution in [0.25, 0.3) is 11.0 Å². The number of benzene rings is 2. The summed E-state index contributed by atoms with van der Waals surface area (Å²) in [4.78, 5) is 19.9. The molecule has 8 rings (SSSR count). The van der Waals surface area contributed by atoms with Gasteiger partial charge in [0, 0.05) is 40.9 Å². The van der Waals surface area contributed by atoms with Crippen molar-refractivity contribution in [3.05, 3.63) is 74.7 Å². The predicted molar refractivity (Wildman–Crippen MR) is 198 cm³/mol. The zero-order valence-corrected chi connectivity index (χ0v) is 30.0. The fourth-order valence-electron chi connectivity index (χ4n) is 8.91. The molecule has 5 aliphatic rings. The molecule has 3 aromatic rings. The maximum atomic E-state index is 15.5. The number of guanidine groups is 1. The Hall–Kier alpha value is -3.40. The smallest absolute Gasteiger partial charge is 0.201 e. The highest BCUT2D eigenvalue weighted by Gasteiger charge is 2.53. The third-order valence-corrected chi connectivity index (χ3v) is 13.8. The van der Waals surface area contributed by atoms with Gasteiger partial charge in [0.2, 0.25) is 5.43 Å². The van der Waals surface area contributed by atoms with E-state index in [1.54, 1.807) is 36.4 Å². The van der Waals surface area contributed by atoms with Crippen molar-refractivity contribution in [1.82, 2.24) is 0 Å². The Kier molecular flexibility index (Phi) is 8.78. The van der Waals surface area contributed by atoms with Gasteiger partial charge in [0.05, 0.1) is 29.6 Å². The maximum Gasteiger partial charge on any atom is 0.201 e. The van der Waals surface area contributed by atoms with Crippen molar-refractivity contribution in [2.75, 3.05) is 17.8 Å². The van der Waals surface area contributed by atoms with Crippen molar-refractivity contribution in [2.45, 2.75) is 105 Å². The number of nitrogens with two attached hydrogens (primary N) is 2.